The Balaban J connectivity index is 1.99. The Morgan fingerprint density at radius 3 is 2.18 bits per heavy atom. The summed E-state index contributed by atoms with van der Waals surface area (Å²) in [5.74, 6) is -0.426. The lowest BCUT2D eigenvalue weighted by Crippen LogP contribution is -2.66. The molecule has 6 nitrogen and oxygen atoms in total. The second kappa shape index (κ2) is 8.37. The molecule has 33 heavy (non-hydrogen) atoms. The quantitative estimate of drug-likeness (QED) is 0.637. The molecule has 0 aliphatic carbocycles. The number of aldehydes is 1. The van der Waals surface area contributed by atoms with Crippen LogP contribution in [0.4, 0.5) is 18.0 Å². The van der Waals surface area contributed by atoms with Gasteiger partial charge in [-0.2, -0.15) is 0 Å². The number of nitrogens with zero attached hydrogens (tertiary/aromatic N) is 1. The van der Waals surface area contributed by atoms with Gasteiger partial charge in [0.05, 0.1) is 0 Å². The summed E-state index contributed by atoms with van der Waals surface area (Å²) in [6.45, 7) is 7.26. The first-order valence-corrected chi connectivity index (χ1v) is 10.3. The van der Waals surface area contributed by atoms with E-state index in [9.17, 15) is 27.9 Å². The minimum atomic E-state index is -4.84. The van der Waals surface area contributed by atoms with Gasteiger partial charge in [-0.3, -0.25) is 4.79 Å². The zero-order valence-corrected chi connectivity index (χ0v) is 18.8. The lowest BCUT2D eigenvalue weighted by atomic mass is 9.62. The smallest absolute Gasteiger partial charge is 0.444 e. The van der Waals surface area contributed by atoms with Gasteiger partial charge in [0.2, 0.25) is 0 Å². The van der Waals surface area contributed by atoms with E-state index in [0.29, 0.717) is 23.0 Å². The third-order valence-electron chi connectivity index (χ3n) is 5.55. The number of carbonyl (C=O) groups is 2. The lowest BCUT2D eigenvalue weighted by molar-refractivity contribution is -0.274. The van der Waals surface area contributed by atoms with Gasteiger partial charge in [-0.15, -0.1) is 13.2 Å². The van der Waals surface area contributed by atoms with Crippen molar-refractivity contribution >= 4 is 12.4 Å². The van der Waals surface area contributed by atoms with Gasteiger partial charge < -0.3 is 19.5 Å². The van der Waals surface area contributed by atoms with Gasteiger partial charge in [-0.1, -0.05) is 37.3 Å². The molecule has 0 radical (unpaired) electrons. The molecule has 1 saturated heterocycles. The van der Waals surface area contributed by atoms with Gasteiger partial charge in [-0.05, 0) is 50.1 Å². The zero-order valence-electron chi connectivity index (χ0n) is 18.8. The molecule has 0 spiro atoms. The average Bonchev–Trinajstić information content (AvgIpc) is 2.68. The number of likely N-dealkylation sites (tertiary alicyclic amines) is 1. The highest BCUT2D eigenvalue weighted by atomic mass is 19.4. The van der Waals surface area contributed by atoms with Gasteiger partial charge in [-0.25, -0.2) is 4.79 Å². The van der Waals surface area contributed by atoms with Crippen LogP contribution in [0.2, 0.25) is 0 Å². The van der Waals surface area contributed by atoms with E-state index >= 15 is 0 Å². The van der Waals surface area contributed by atoms with Crippen LogP contribution in [0.5, 0.6) is 5.75 Å². The lowest BCUT2D eigenvalue weighted by Gasteiger charge is -2.56. The molecule has 1 heterocycles. The number of aliphatic hydroxyl groups is 1. The molecule has 1 amide bonds. The summed E-state index contributed by atoms with van der Waals surface area (Å²) in [6.07, 6.45) is -4.73. The van der Waals surface area contributed by atoms with Crippen LogP contribution < -0.4 is 4.74 Å². The number of rotatable bonds is 5. The summed E-state index contributed by atoms with van der Waals surface area (Å²) in [4.78, 5) is 25.2. The average molecular weight is 465 g/mol. The highest BCUT2D eigenvalue weighted by Crippen LogP contribution is 2.51. The minimum absolute atomic E-state index is 0.129. The van der Waals surface area contributed by atoms with Crippen molar-refractivity contribution in [2.75, 3.05) is 13.1 Å². The van der Waals surface area contributed by atoms with Crippen molar-refractivity contribution in [2.24, 2.45) is 5.41 Å². The summed E-state index contributed by atoms with van der Waals surface area (Å²) in [5, 5.41) is 12.1. The zero-order chi connectivity index (χ0) is 24.7. The van der Waals surface area contributed by atoms with E-state index in [-0.39, 0.29) is 13.1 Å². The maximum Gasteiger partial charge on any atom is 0.573 e. The fourth-order valence-corrected chi connectivity index (χ4v) is 4.08. The molecule has 9 heteroatoms. The van der Waals surface area contributed by atoms with Gasteiger partial charge in [0.15, 0.2) is 0 Å². The molecule has 1 aliphatic heterocycles. The summed E-state index contributed by atoms with van der Waals surface area (Å²) in [7, 11) is 0. The van der Waals surface area contributed by atoms with Crippen molar-refractivity contribution in [3.63, 3.8) is 0 Å². The van der Waals surface area contributed by atoms with E-state index in [1.165, 1.54) is 23.1 Å². The second-order valence-corrected chi connectivity index (χ2v) is 9.42. The van der Waals surface area contributed by atoms with Crippen LogP contribution in [-0.2, 0) is 10.3 Å². The molecule has 1 atom stereocenters. The summed E-state index contributed by atoms with van der Waals surface area (Å²) in [5.41, 5.74) is -2.32. The molecular formula is C24H26F3NO5. The second-order valence-electron chi connectivity index (χ2n) is 9.42. The molecule has 1 fully saturated rings. The summed E-state index contributed by atoms with van der Waals surface area (Å²) in [6, 6.07) is 11.3. The van der Waals surface area contributed by atoms with Crippen LogP contribution in [-0.4, -0.2) is 47.4 Å². The third-order valence-corrected chi connectivity index (χ3v) is 5.55. The highest BCUT2D eigenvalue weighted by Gasteiger charge is 2.58. The van der Waals surface area contributed by atoms with Crippen LogP contribution in [0.15, 0.2) is 48.5 Å². The van der Waals surface area contributed by atoms with E-state index in [1.54, 1.807) is 45.9 Å². The molecule has 2 aromatic rings. The summed E-state index contributed by atoms with van der Waals surface area (Å²) >= 11 is 0. The first-order valence-electron chi connectivity index (χ1n) is 10.3. The molecule has 0 aromatic heterocycles. The van der Waals surface area contributed by atoms with E-state index < -0.39 is 34.8 Å². The van der Waals surface area contributed by atoms with E-state index in [2.05, 4.69) is 4.74 Å². The number of amides is 1. The molecule has 1 N–H and O–H groups in total. The minimum Gasteiger partial charge on any atom is -0.444 e. The van der Waals surface area contributed by atoms with Gasteiger partial charge >= 0.3 is 12.5 Å². The van der Waals surface area contributed by atoms with Crippen molar-refractivity contribution in [1.82, 2.24) is 4.90 Å². The van der Waals surface area contributed by atoms with Crippen LogP contribution in [0.25, 0.3) is 0 Å². The molecule has 3 rings (SSSR count). The monoisotopic (exact) mass is 465 g/mol. The molecule has 0 saturated carbocycles. The van der Waals surface area contributed by atoms with Gasteiger partial charge in [0.25, 0.3) is 0 Å². The summed E-state index contributed by atoms with van der Waals surface area (Å²) < 4.78 is 47.0. The molecular weight excluding hydrogens is 439 g/mol. The van der Waals surface area contributed by atoms with Crippen LogP contribution in [0.1, 0.15) is 49.2 Å². The fourth-order valence-electron chi connectivity index (χ4n) is 4.08. The van der Waals surface area contributed by atoms with E-state index in [0.717, 1.165) is 12.1 Å². The Morgan fingerprint density at radius 2 is 1.67 bits per heavy atom. The first-order chi connectivity index (χ1) is 15.2. The van der Waals surface area contributed by atoms with Gasteiger partial charge in [0, 0.05) is 24.1 Å². The van der Waals surface area contributed by atoms with Crippen molar-refractivity contribution in [1.29, 1.82) is 0 Å². The Labute approximate surface area is 189 Å². The number of hydrogen-bond donors (Lipinski definition) is 1. The van der Waals surface area contributed by atoms with Gasteiger partial charge in [0.1, 0.15) is 23.2 Å². The molecule has 2 aromatic carbocycles. The Morgan fingerprint density at radius 1 is 1.06 bits per heavy atom. The largest absolute Gasteiger partial charge is 0.573 e. The maximum absolute atomic E-state index is 12.6. The van der Waals surface area contributed by atoms with E-state index in [1.807, 2.05) is 0 Å². The maximum atomic E-state index is 12.6. The van der Waals surface area contributed by atoms with Crippen LogP contribution in [0, 0.1) is 5.41 Å². The van der Waals surface area contributed by atoms with Crippen molar-refractivity contribution in [3.05, 3.63) is 65.2 Å². The molecule has 0 unspecified atom stereocenters. The standard InChI is InChI=1S/C24H26F3NO5/c1-21(2,3)33-20(30)28-14-22(4,15-28)23(31,18-7-5-6-16(12-18)13-29)17-8-10-19(11-9-17)32-24(25,26)27/h5-13,31H,14-15H2,1-4H3/t23-/m0/s1. The normalized spacial score (nSPS) is 17.5. The van der Waals surface area contributed by atoms with Crippen molar-refractivity contribution < 1.29 is 37.3 Å². The number of ether oxygens (including phenoxy) is 2. The third kappa shape index (κ3) is 5.13. The fraction of sp³-hybridized carbons (Fsp3) is 0.417. The molecule has 1 aliphatic rings. The predicted octanol–water partition coefficient (Wildman–Crippen LogP) is 4.89. The number of alkyl halides is 3. The topological polar surface area (TPSA) is 76.1 Å². The Kier molecular flexibility index (Phi) is 6.23. The molecule has 178 valence electrons. The van der Waals surface area contributed by atoms with E-state index in [4.69, 9.17) is 4.74 Å². The SMILES string of the molecule is CC(C)(C)OC(=O)N1CC(C)([C@](O)(c2ccc(OC(F)(F)F)cc2)c2cccc(C=O)c2)C1. The number of hydrogen-bond acceptors (Lipinski definition) is 5. The van der Waals surface area contributed by atoms with Crippen LogP contribution >= 0.6 is 0 Å². The number of halogens is 3. The predicted molar refractivity (Wildman–Crippen MR) is 114 cm³/mol. The Bertz CT molecular complexity index is 1020. The first kappa shape index (κ1) is 24.6. The molecule has 0 bridgehead atoms. The highest BCUT2D eigenvalue weighted by molar-refractivity contribution is 5.75. The number of carbonyl (C=O) groups excluding carboxylic acids is 2. The number of benzene rings is 2. The Hall–Kier alpha value is -3.07. The van der Waals surface area contributed by atoms with Crippen molar-refractivity contribution in [2.45, 2.75) is 45.3 Å². The van der Waals surface area contributed by atoms with Crippen molar-refractivity contribution in [3.8, 4) is 5.75 Å². The van der Waals surface area contributed by atoms with Crippen LogP contribution in [0.3, 0.4) is 0 Å².